The van der Waals surface area contributed by atoms with E-state index in [1.807, 2.05) is 26.0 Å². The molecule has 20 heavy (non-hydrogen) atoms. The third kappa shape index (κ3) is 4.27. The first-order valence-electron chi connectivity index (χ1n) is 7.39. The van der Waals surface area contributed by atoms with Gasteiger partial charge in [-0.2, -0.15) is 4.98 Å². The lowest BCUT2D eigenvalue weighted by Gasteiger charge is -2.25. The summed E-state index contributed by atoms with van der Waals surface area (Å²) in [6.07, 6.45) is 3.90. The average Bonchev–Trinajstić information content (AvgIpc) is 2.41. The molecule has 0 bridgehead atoms. The predicted molar refractivity (Wildman–Crippen MR) is 80.9 cm³/mol. The van der Waals surface area contributed by atoms with Crippen molar-refractivity contribution in [1.82, 2.24) is 4.98 Å². The van der Waals surface area contributed by atoms with Gasteiger partial charge in [0.15, 0.2) is 0 Å². The largest absolute Gasteiger partial charge is 0.473 e. The van der Waals surface area contributed by atoms with E-state index < -0.39 is 0 Å². The molecule has 0 radical (unpaired) electrons. The Labute approximate surface area is 120 Å². The maximum Gasteiger partial charge on any atom is 0.239 e. The average molecular weight is 279 g/mol. The zero-order chi connectivity index (χ0) is 14.5. The molecule has 2 rings (SSSR count). The van der Waals surface area contributed by atoms with Crippen LogP contribution < -0.4 is 15.8 Å². The molecule has 1 aliphatic carbocycles. The number of rotatable bonds is 5. The van der Waals surface area contributed by atoms with Crippen LogP contribution in [0.4, 0.5) is 11.5 Å². The highest BCUT2D eigenvalue weighted by Crippen LogP contribution is 2.26. The van der Waals surface area contributed by atoms with Crippen LogP contribution in [0.2, 0.25) is 0 Å². The summed E-state index contributed by atoms with van der Waals surface area (Å²) in [6, 6.07) is 3.69. The summed E-state index contributed by atoms with van der Waals surface area (Å²) in [6.45, 7) is 4.79. The van der Waals surface area contributed by atoms with Gasteiger partial charge in [-0.1, -0.05) is 0 Å². The molecule has 5 nitrogen and oxygen atoms in total. The Bertz CT molecular complexity index is 429. The zero-order valence-electron chi connectivity index (χ0n) is 12.3. The van der Waals surface area contributed by atoms with E-state index in [1.54, 1.807) is 0 Å². The number of nitrogens with zero attached hydrogens (tertiary/aromatic N) is 1. The lowest BCUT2D eigenvalue weighted by atomic mass is 9.87. The summed E-state index contributed by atoms with van der Waals surface area (Å²) in [7, 11) is 0. The SMILES string of the molecule is CC(C)Oc1nc(NCC2CCC(O)CC2)ccc1N. The van der Waals surface area contributed by atoms with E-state index in [9.17, 15) is 5.11 Å². The highest BCUT2D eigenvalue weighted by Gasteiger charge is 2.19. The molecule has 0 spiro atoms. The summed E-state index contributed by atoms with van der Waals surface area (Å²) in [5, 5.41) is 12.8. The minimum absolute atomic E-state index is 0.0554. The second-order valence-corrected chi connectivity index (χ2v) is 5.81. The minimum Gasteiger partial charge on any atom is -0.473 e. The smallest absolute Gasteiger partial charge is 0.239 e. The van der Waals surface area contributed by atoms with Crippen molar-refractivity contribution < 1.29 is 9.84 Å². The lowest BCUT2D eigenvalue weighted by Crippen LogP contribution is -2.23. The quantitative estimate of drug-likeness (QED) is 0.771. The Morgan fingerprint density at radius 2 is 2.05 bits per heavy atom. The molecule has 0 unspecified atom stereocenters. The van der Waals surface area contributed by atoms with Gasteiger partial charge in [-0.3, -0.25) is 0 Å². The van der Waals surface area contributed by atoms with Gasteiger partial charge in [-0.25, -0.2) is 0 Å². The Kier molecular flexibility index (Phi) is 5.06. The standard InChI is InChI=1S/C15H25N3O2/c1-10(2)20-15-13(16)7-8-14(18-15)17-9-11-3-5-12(19)6-4-11/h7-8,10-12,19H,3-6,9,16H2,1-2H3,(H,17,18). The van der Waals surface area contributed by atoms with Crippen molar-refractivity contribution in [1.29, 1.82) is 0 Å². The molecule has 1 aromatic heterocycles. The fraction of sp³-hybridized carbons (Fsp3) is 0.667. The lowest BCUT2D eigenvalue weighted by molar-refractivity contribution is 0.111. The monoisotopic (exact) mass is 279 g/mol. The maximum absolute atomic E-state index is 9.50. The topological polar surface area (TPSA) is 80.4 Å². The van der Waals surface area contributed by atoms with Crippen molar-refractivity contribution in [3.8, 4) is 5.88 Å². The summed E-state index contributed by atoms with van der Waals surface area (Å²) < 4.78 is 5.58. The number of anilines is 2. The number of hydrogen-bond donors (Lipinski definition) is 3. The number of pyridine rings is 1. The van der Waals surface area contributed by atoms with Crippen LogP contribution in [0.25, 0.3) is 0 Å². The third-order valence-electron chi connectivity index (χ3n) is 3.63. The molecule has 1 aromatic rings. The van der Waals surface area contributed by atoms with E-state index in [0.717, 1.165) is 38.0 Å². The molecule has 5 heteroatoms. The second kappa shape index (κ2) is 6.79. The Morgan fingerprint density at radius 1 is 1.35 bits per heavy atom. The molecule has 1 heterocycles. The first kappa shape index (κ1) is 14.9. The highest BCUT2D eigenvalue weighted by molar-refractivity contribution is 5.53. The van der Waals surface area contributed by atoms with Gasteiger partial charge in [0.2, 0.25) is 5.88 Å². The van der Waals surface area contributed by atoms with Crippen molar-refractivity contribution >= 4 is 11.5 Å². The van der Waals surface area contributed by atoms with E-state index in [1.165, 1.54) is 0 Å². The molecule has 0 saturated heterocycles. The number of hydrogen-bond acceptors (Lipinski definition) is 5. The molecule has 1 fully saturated rings. The Hall–Kier alpha value is -1.49. The van der Waals surface area contributed by atoms with E-state index in [-0.39, 0.29) is 12.2 Å². The first-order chi connectivity index (χ1) is 9.54. The molecule has 4 N–H and O–H groups in total. The van der Waals surface area contributed by atoms with Crippen molar-refractivity contribution in [2.24, 2.45) is 5.92 Å². The van der Waals surface area contributed by atoms with Gasteiger partial charge in [-0.05, 0) is 57.6 Å². The highest BCUT2D eigenvalue weighted by atomic mass is 16.5. The number of nitrogens with one attached hydrogen (secondary N) is 1. The van der Waals surface area contributed by atoms with Crippen LogP contribution in [0.5, 0.6) is 5.88 Å². The molecule has 1 saturated carbocycles. The summed E-state index contributed by atoms with van der Waals surface area (Å²) in [5.74, 6) is 1.89. The predicted octanol–water partition coefficient (Wildman–Crippen LogP) is 2.41. The zero-order valence-corrected chi connectivity index (χ0v) is 12.3. The van der Waals surface area contributed by atoms with Crippen molar-refractivity contribution in [3.63, 3.8) is 0 Å². The molecule has 0 aliphatic heterocycles. The van der Waals surface area contributed by atoms with Gasteiger partial charge >= 0.3 is 0 Å². The number of nitrogens with two attached hydrogens (primary N) is 1. The minimum atomic E-state index is -0.105. The third-order valence-corrected chi connectivity index (χ3v) is 3.63. The molecular weight excluding hydrogens is 254 g/mol. The van der Waals surface area contributed by atoms with Crippen LogP contribution in [-0.2, 0) is 0 Å². The Morgan fingerprint density at radius 3 is 2.70 bits per heavy atom. The van der Waals surface area contributed by atoms with Gasteiger partial charge in [-0.15, -0.1) is 0 Å². The van der Waals surface area contributed by atoms with Crippen molar-refractivity contribution in [3.05, 3.63) is 12.1 Å². The molecule has 0 amide bonds. The normalized spacial score (nSPS) is 22.8. The first-order valence-corrected chi connectivity index (χ1v) is 7.39. The molecule has 0 atom stereocenters. The van der Waals surface area contributed by atoms with Crippen LogP contribution in [0, 0.1) is 5.92 Å². The van der Waals surface area contributed by atoms with Crippen LogP contribution in [-0.4, -0.2) is 28.8 Å². The summed E-state index contributed by atoms with van der Waals surface area (Å²) in [4.78, 5) is 4.40. The molecule has 1 aliphatic rings. The van der Waals surface area contributed by atoms with Crippen molar-refractivity contribution in [2.75, 3.05) is 17.6 Å². The summed E-state index contributed by atoms with van der Waals surface area (Å²) in [5.41, 5.74) is 6.41. The molecular formula is C15H25N3O2. The number of ether oxygens (including phenoxy) is 1. The fourth-order valence-corrected chi connectivity index (χ4v) is 2.47. The molecule has 112 valence electrons. The van der Waals surface area contributed by atoms with Gasteiger partial charge in [0.25, 0.3) is 0 Å². The van der Waals surface area contributed by atoms with Crippen LogP contribution in [0.3, 0.4) is 0 Å². The number of aromatic nitrogens is 1. The van der Waals surface area contributed by atoms with E-state index in [4.69, 9.17) is 10.5 Å². The van der Waals surface area contributed by atoms with Crippen molar-refractivity contribution in [2.45, 2.75) is 51.7 Å². The van der Waals surface area contributed by atoms with Gasteiger partial charge in [0, 0.05) is 6.54 Å². The van der Waals surface area contributed by atoms with E-state index in [0.29, 0.717) is 17.5 Å². The maximum atomic E-state index is 9.50. The van der Waals surface area contributed by atoms with Crippen LogP contribution >= 0.6 is 0 Å². The van der Waals surface area contributed by atoms with Gasteiger partial charge in [0.05, 0.1) is 17.9 Å². The Balaban J connectivity index is 1.89. The van der Waals surface area contributed by atoms with E-state index >= 15 is 0 Å². The fourth-order valence-electron chi connectivity index (χ4n) is 2.47. The second-order valence-electron chi connectivity index (χ2n) is 5.81. The van der Waals surface area contributed by atoms with Crippen LogP contribution in [0.15, 0.2) is 12.1 Å². The van der Waals surface area contributed by atoms with Gasteiger partial charge < -0.3 is 20.9 Å². The van der Waals surface area contributed by atoms with Crippen LogP contribution in [0.1, 0.15) is 39.5 Å². The number of nitrogen functional groups attached to an aromatic ring is 1. The summed E-state index contributed by atoms with van der Waals surface area (Å²) >= 11 is 0. The molecule has 0 aromatic carbocycles. The number of aliphatic hydroxyl groups is 1. The van der Waals surface area contributed by atoms with Gasteiger partial charge in [0.1, 0.15) is 5.82 Å². The number of aliphatic hydroxyl groups excluding tert-OH is 1. The van der Waals surface area contributed by atoms with E-state index in [2.05, 4.69) is 10.3 Å².